The number of alkyl halides is 1. The Balaban J connectivity index is 0.00000144. The number of hydrogen-bond acceptors (Lipinski definition) is 2. The molecule has 2 N–H and O–H groups in total. The summed E-state index contributed by atoms with van der Waals surface area (Å²) in [7, 11) is 0. The van der Waals surface area contributed by atoms with Crippen molar-refractivity contribution in [2.75, 3.05) is 6.67 Å². The van der Waals surface area contributed by atoms with E-state index in [2.05, 4.69) is 20.9 Å². The molecule has 0 saturated heterocycles. The average Bonchev–Trinajstić information content (AvgIpc) is 2.05. The Morgan fingerprint density at radius 3 is 2.85 bits per heavy atom. The molecular weight excluding hydrogens is 258 g/mol. The Labute approximate surface area is 91.3 Å². The second-order valence-corrected chi connectivity index (χ2v) is 3.31. The van der Waals surface area contributed by atoms with Crippen LogP contribution in [0.2, 0.25) is 0 Å². The molecule has 0 saturated carbocycles. The van der Waals surface area contributed by atoms with E-state index in [9.17, 15) is 4.39 Å². The Hall–Kier alpha value is -0.190. The van der Waals surface area contributed by atoms with Gasteiger partial charge in [0.2, 0.25) is 0 Å². The lowest BCUT2D eigenvalue weighted by Crippen LogP contribution is -2.10. The van der Waals surface area contributed by atoms with Crippen LogP contribution < -0.4 is 5.73 Å². The lowest BCUT2D eigenvalue weighted by atomic mass is 10.1. The van der Waals surface area contributed by atoms with Crippen LogP contribution in [0.1, 0.15) is 18.0 Å². The van der Waals surface area contributed by atoms with Gasteiger partial charge in [0.1, 0.15) is 4.60 Å². The summed E-state index contributed by atoms with van der Waals surface area (Å²) in [5.74, 6) is 0. The molecule has 5 heteroatoms. The fraction of sp³-hybridized carbons (Fsp3) is 0.375. The molecule has 1 rings (SSSR count). The summed E-state index contributed by atoms with van der Waals surface area (Å²) in [4.78, 5) is 3.95. The molecule has 0 unspecified atom stereocenters. The number of hydrogen-bond donors (Lipinski definition) is 1. The standard InChI is InChI=1S/C8H10BrFN2.ClH/c9-8-5-6(2-4-12-8)7(11)1-3-10;/h2,4-5,7H,1,3,11H2;1H/t7-;/m1./s1. The number of pyridine rings is 1. The lowest BCUT2D eigenvalue weighted by molar-refractivity contribution is 0.441. The lowest BCUT2D eigenvalue weighted by Gasteiger charge is -2.08. The van der Waals surface area contributed by atoms with Gasteiger partial charge >= 0.3 is 0 Å². The molecule has 2 nitrogen and oxygen atoms in total. The van der Waals surface area contributed by atoms with Gasteiger partial charge in [-0.15, -0.1) is 12.4 Å². The predicted octanol–water partition coefficient (Wildman–Crippen LogP) is 2.63. The largest absolute Gasteiger partial charge is 0.324 e. The highest BCUT2D eigenvalue weighted by Gasteiger charge is 2.05. The van der Waals surface area contributed by atoms with Crippen molar-refractivity contribution in [1.82, 2.24) is 4.98 Å². The quantitative estimate of drug-likeness (QED) is 0.857. The molecule has 1 heterocycles. The molecule has 1 aromatic rings. The van der Waals surface area contributed by atoms with Gasteiger partial charge in [-0.25, -0.2) is 4.98 Å². The summed E-state index contributed by atoms with van der Waals surface area (Å²) < 4.78 is 12.7. The van der Waals surface area contributed by atoms with E-state index in [0.717, 1.165) is 10.2 Å². The zero-order chi connectivity index (χ0) is 8.97. The van der Waals surface area contributed by atoms with Crippen molar-refractivity contribution in [3.8, 4) is 0 Å². The van der Waals surface area contributed by atoms with Gasteiger partial charge in [0.15, 0.2) is 0 Å². The van der Waals surface area contributed by atoms with E-state index in [1.807, 2.05) is 0 Å². The van der Waals surface area contributed by atoms with Crippen molar-refractivity contribution in [3.05, 3.63) is 28.5 Å². The highest BCUT2D eigenvalue weighted by atomic mass is 79.9. The van der Waals surface area contributed by atoms with Gasteiger partial charge in [-0.3, -0.25) is 4.39 Å². The minimum atomic E-state index is -0.388. The van der Waals surface area contributed by atoms with Crippen LogP contribution in [-0.4, -0.2) is 11.7 Å². The van der Waals surface area contributed by atoms with Crippen LogP contribution in [0.25, 0.3) is 0 Å². The first-order chi connectivity index (χ1) is 5.74. The molecule has 0 fully saturated rings. The van der Waals surface area contributed by atoms with Crippen molar-refractivity contribution in [2.24, 2.45) is 5.73 Å². The van der Waals surface area contributed by atoms with Crippen molar-refractivity contribution < 1.29 is 4.39 Å². The summed E-state index contributed by atoms with van der Waals surface area (Å²) in [5.41, 5.74) is 6.60. The molecule has 1 aromatic heterocycles. The van der Waals surface area contributed by atoms with E-state index >= 15 is 0 Å². The van der Waals surface area contributed by atoms with Gasteiger partial charge in [0, 0.05) is 12.2 Å². The van der Waals surface area contributed by atoms with Crippen LogP contribution >= 0.6 is 28.3 Å². The minimum Gasteiger partial charge on any atom is -0.324 e. The normalized spacial score (nSPS) is 11.9. The molecule has 0 aliphatic heterocycles. The second-order valence-electron chi connectivity index (χ2n) is 2.50. The minimum absolute atomic E-state index is 0. The van der Waals surface area contributed by atoms with Gasteiger partial charge in [-0.1, -0.05) is 0 Å². The summed E-state index contributed by atoms with van der Waals surface area (Å²) in [5, 5.41) is 0. The van der Waals surface area contributed by atoms with E-state index < -0.39 is 0 Å². The maximum Gasteiger partial charge on any atom is 0.106 e. The molecule has 0 aromatic carbocycles. The molecule has 1 atom stereocenters. The Morgan fingerprint density at radius 1 is 1.62 bits per heavy atom. The van der Waals surface area contributed by atoms with Crippen molar-refractivity contribution >= 4 is 28.3 Å². The number of aromatic nitrogens is 1. The highest BCUT2D eigenvalue weighted by Crippen LogP contribution is 2.16. The van der Waals surface area contributed by atoms with E-state index in [1.165, 1.54) is 0 Å². The third-order valence-electron chi connectivity index (χ3n) is 1.60. The summed E-state index contributed by atoms with van der Waals surface area (Å²) in [6.45, 7) is -0.388. The zero-order valence-corrected chi connectivity index (χ0v) is 9.31. The molecule has 13 heavy (non-hydrogen) atoms. The van der Waals surface area contributed by atoms with Crippen LogP contribution in [0.4, 0.5) is 4.39 Å². The first-order valence-corrected chi connectivity index (χ1v) is 4.46. The van der Waals surface area contributed by atoms with E-state index in [-0.39, 0.29) is 25.1 Å². The van der Waals surface area contributed by atoms with Gasteiger partial charge in [-0.2, -0.15) is 0 Å². The smallest absolute Gasteiger partial charge is 0.106 e. The van der Waals surface area contributed by atoms with Gasteiger partial charge in [0.05, 0.1) is 6.67 Å². The monoisotopic (exact) mass is 268 g/mol. The van der Waals surface area contributed by atoms with Crippen LogP contribution in [0.5, 0.6) is 0 Å². The summed E-state index contributed by atoms with van der Waals surface area (Å²) in [6, 6.07) is 3.38. The predicted molar refractivity (Wildman–Crippen MR) is 56.7 cm³/mol. The molecular formula is C8H11BrClFN2. The SMILES string of the molecule is Cl.N[C@H](CCF)c1ccnc(Br)c1. The van der Waals surface area contributed by atoms with Gasteiger partial charge in [-0.05, 0) is 40.0 Å². The number of nitrogens with zero attached hydrogens (tertiary/aromatic N) is 1. The number of halogens is 3. The van der Waals surface area contributed by atoms with E-state index in [1.54, 1.807) is 18.3 Å². The van der Waals surface area contributed by atoms with Crippen molar-refractivity contribution in [3.63, 3.8) is 0 Å². The number of rotatable bonds is 3. The van der Waals surface area contributed by atoms with Gasteiger partial charge in [0.25, 0.3) is 0 Å². The molecule has 74 valence electrons. The zero-order valence-electron chi connectivity index (χ0n) is 6.91. The van der Waals surface area contributed by atoms with Crippen LogP contribution in [0.3, 0.4) is 0 Å². The Bertz CT molecular complexity index is 260. The van der Waals surface area contributed by atoms with E-state index in [4.69, 9.17) is 5.73 Å². The number of nitrogens with two attached hydrogens (primary N) is 1. The van der Waals surface area contributed by atoms with Crippen LogP contribution in [0.15, 0.2) is 22.9 Å². The van der Waals surface area contributed by atoms with E-state index in [0.29, 0.717) is 6.42 Å². The maximum absolute atomic E-state index is 11.9. The molecule has 0 radical (unpaired) electrons. The first kappa shape index (κ1) is 12.8. The fourth-order valence-electron chi connectivity index (χ4n) is 0.932. The van der Waals surface area contributed by atoms with Crippen LogP contribution in [-0.2, 0) is 0 Å². The van der Waals surface area contributed by atoms with Crippen molar-refractivity contribution in [2.45, 2.75) is 12.5 Å². The highest BCUT2D eigenvalue weighted by molar-refractivity contribution is 9.10. The average molecular weight is 270 g/mol. The third kappa shape index (κ3) is 4.02. The second kappa shape index (κ2) is 6.29. The molecule has 0 aliphatic carbocycles. The first-order valence-electron chi connectivity index (χ1n) is 3.67. The maximum atomic E-state index is 11.9. The molecule has 0 aliphatic rings. The Morgan fingerprint density at radius 2 is 2.31 bits per heavy atom. The fourth-order valence-corrected chi connectivity index (χ4v) is 1.31. The van der Waals surface area contributed by atoms with Gasteiger partial charge < -0.3 is 5.73 Å². The summed E-state index contributed by atoms with van der Waals surface area (Å²) in [6.07, 6.45) is 2.01. The molecule has 0 spiro atoms. The summed E-state index contributed by atoms with van der Waals surface area (Å²) >= 11 is 3.22. The molecule has 0 bridgehead atoms. The third-order valence-corrected chi connectivity index (χ3v) is 2.03. The molecule has 0 amide bonds. The van der Waals surface area contributed by atoms with Crippen LogP contribution in [0, 0.1) is 0 Å². The van der Waals surface area contributed by atoms with Crippen molar-refractivity contribution in [1.29, 1.82) is 0 Å². The Kier molecular flexibility index (Phi) is 6.20. The topological polar surface area (TPSA) is 38.9 Å².